The number of nitrogens with zero attached hydrogens (tertiary/aromatic N) is 2. The number of carbonyl (C=O) groups excluding carboxylic acids is 1. The highest BCUT2D eigenvalue weighted by molar-refractivity contribution is 5.95. The summed E-state index contributed by atoms with van der Waals surface area (Å²) < 4.78 is 0. The van der Waals surface area contributed by atoms with E-state index in [-0.39, 0.29) is 11.9 Å². The van der Waals surface area contributed by atoms with E-state index in [1.807, 2.05) is 25.1 Å². The molecule has 0 aromatic carbocycles. The Morgan fingerprint density at radius 2 is 2.15 bits per heavy atom. The molecule has 0 saturated carbocycles. The summed E-state index contributed by atoms with van der Waals surface area (Å²) in [6, 6.07) is 8.73. The quantitative estimate of drug-likeness (QED) is 0.579. The molecular weight excluding hydrogens is 254 g/mol. The van der Waals surface area contributed by atoms with E-state index in [4.69, 9.17) is 5.84 Å². The highest BCUT2D eigenvalue weighted by Gasteiger charge is 2.13. The van der Waals surface area contributed by atoms with Gasteiger partial charge in [-0.3, -0.25) is 9.78 Å². The fraction of sp³-hybridized carbons (Fsp3) is 0.214. The minimum absolute atomic E-state index is 0.175. The highest BCUT2D eigenvalue weighted by atomic mass is 16.1. The minimum Gasteiger partial charge on any atom is -0.344 e. The van der Waals surface area contributed by atoms with Crippen molar-refractivity contribution in [1.82, 2.24) is 15.3 Å². The third-order valence-corrected chi connectivity index (χ3v) is 2.84. The first-order valence-corrected chi connectivity index (χ1v) is 6.27. The Kier molecular flexibility index (Phi) is 4.27. The molecule has 0 radical (unpaired) electrons. The highest BCUT2D eigenvalue weighted by Crippen LogP contribution is 2.12. The van der Waals surface area contributed by atoms with Gasteiger partial charge in [0.05, 0.1) is 11.7 Å². The summed E-state index contributed by atoms with van der Waals surface area (Å²) in [6.07, 6.45) is 1.70. The normalized spacial score (nSPS) is 11.8. The van der Waals surface area contributed by atoms with Crippen LogP contribution < -0.4 is 16.6 Å². The van der Waals surface area contributed by atoms with Crippen LogP contribution in [0, 0.1) is 6.92 Å². The number of rotatable bonds is 4. The molecule has 20 heavy (non-hydrogen) atoms. The summed E-state index contributed by atoms with van der Waals surface area (Å²) in [5.41, 5.74) is 4.48. The molecule has 2 rings (SSSR count). The van der Waals surface area contributed by atoms with Crippen molar-refractivity contribution in [2.45, 2.75) is 19.9 Å². The average molecular weight is 271 g/mol. The van der Waals surface area contributed by atoms with E-state index in [1.165, 1.54) is 0 Å². The zero-order valence-electron chi connectivity index (χ0n) is 11.4. The van der Waals surface area contributed by atoms with Crippen LogP contribution in [0.15, 0.2) is 36.5 Å². The second-order valence-corrected chi connectivity index (χ2v) is 4.48. The van der Waals surface area contributed by atoms with Crippen molar-refractivity contribution in [2.75, 3.05) is 5.43 Å². The molecule has 2 aromatic heterocycles. The van der Waals surface area contributed by atoms with E-state index in [1.54, 1.807) is 25.3 Å². The molecule has 2 heterocycles. The van der Waals surface area contributed by atoms with E-state index < -0.39 is 0 Å². The number of hydrogen-bond acceptors (Lipinski definition) is 5. The number of amides is 1. The van der Waals surface area contributed by atoms with Crippen molar-refractivity contribution in [2.24, 2.45) is 5.84 Å². The Bertz CT molecular complexity index is 600. The zero-order chi connectivity index (χ0) is 14.5. The van der Waals surface area contributed by atoms with Gasteiger partial charge in [0.2, 0.25) is 0 Å². The molecule has 0 aliphatic carbocycles. The average Bonchev–Trinajstić information content (AvgIpc) is 2.47. The predicted molar refractivity (Wildman–Crippen MR) is 76.9 cm³/mol. The lowest BCUT2D eigenvalue weighted by Crippen LogP contribution is -2.27. The number of aryl methyl sites for hydroxylation is 1. The molecule has 0 aliphatic heterocycles. The molecule has 104 valence electrons. The summed E-state index contributed by atoms with van der Waals surface area (Å²) in [5.74, 6) is 5.60. The SMILES string of the molecule is Cc1cc(C(=O)NC(C)c2ccccn2)cc(NN)n1. The lowest BCUT2D eigenvalue weighted by atomic mass is 10.1. The van der Waals surface area contributed by atoms with Gasteiger partial charge < -0.3 is 10.7 Å². The molecule has 6 nitrogen and oxygen atoms in total. The second-order valence-electron chi connectivity index (χ2n) is 4.48. The van der Waals surface area contributed by atoms with E-state index >= 15 is 0 Å². The van der Waals surface area contributed by atoms with Gasteiger partial charge in [0.15, 0.2) is 0 Å². The molecule has 0 fully saturated rings. The van der Waals surface area contributed by atoms with Gasteiger partial charge in [-0.05, 0) is 38.1 Å². The Balaban J connectivity index is 2.14. The number of nitrogens with two attached hydrogens (primary N) is 1. The number of nitrogen functional groups attached to an aromatic ring is 1. The van der Waals surface area contributed by atoms with Gasteiger partial charge in [-0.1, -0.05) is 6.07 Å². The maximum absolute atomic E-state index is 12.2. The van der Waals surface area contributed by atoms with Crippen molar-refractivity contribution >= 4 is 11.7 Å². The number of nitrogens with one attached hydrogen (secondary N) is 2. The number of anilines is 1. The largest absolute Gasteiger partial charge is 0.344 e. The van der Waals surface area contributed by atoms with Crippen LogP contribution in [0.1, 0.15) is 34.7 Å². The topological polar surface area (TPSA) is 92.9 Å². The summed E-state index contributed by atoms with van der Waals surface area (Å²) in [6.45, 7) is 3.69. The molecule has 6 heteroatoms. The summed E-state index contributed by atoms with van der Waals surface area (Å²) >= 11 is 0. The molecule has 4 N–H and O–H groups in total. The number of pyridine rings is 2. The summed E-state index contributed by atoms with van der Waals surface area (Å²) in [5, 5.41) is 2.89. The summed E-state index contributed by atoms with van der Waals surface area (Å²) in [7, 11) is 0. The maximum Gasteiger partial charge on any atom is 0.252 e. The third kappa shape index (κ3) is 3.30. The Morgan fingerprint density at radius 1 is 1.35 bits per heavy atom. The van der Waals surface area contributed by atoms with Crippen molar-refractivity contribution in [1.29, 1.82) is 0 Å². The van der Waals surface area contributed by atoms with Crippen LogP contribution in [0.2, 0.25) is 0 Å². The Morgan fingerprint density at radius 3 is 2.80 bits per heavy atom. The van der Waals surface area contributed by atoms with Crippen molar-refractivity contribution in [3.63, 3.8) is 0 Å². The standard InChI is InChI=1S/C14H17N5O/c1-9-7-11(8-13(17-9)19-15)14(20)18-10(2)12-5-3-4-6-16-12/h3-8,10H,15H2,1-2H3,(H,17,19)(H,18,20). The third-order valence-electron chi connectivity index (χ3n) is 2.84. The fourth-order valence-electron chi connectivity index (χ4n) is 1.86. The van der Waals surface area contributed by atoms with Gasteiger partial charge in [-0.2, -0.15) is 0 Å². The van der Waals surface area contributed by atoms with Gasteiger partial charge in [0.25, 0.3) is 5.91 Å². The maximum atomic E-state index is 12.2. The van der Waals surface area contributed by atoms with Gasteiger partial charge >= 0.3 is 0 Å². The van der Waals surface area contributed by atoms with Crippen LogP contribution in [0.5, 0.6) is 0 Å². The lowest BCUT2D eigenvalue weighted by molar-refractivity contribution is 0.0939. The Hall–Kier alpha value is -2.47. The smallest absolute Gasteiger partial charge is 0.252 e. The Labute approximate surface area is 117 Å². The molecule has 0 bridgehead atoms. The molecule has 1 unspecified atom stereocenters. The number of aromatic nitrogens is 2. The minimum atomic E-state index is -0.190. The van der Waals surface area contributed by atoms with E-state index in [0.717, 1.165) is 11.4 Å². The second kappa shape index (κ2) is 6.12. The molecule has 2 aromatic rings. The van der Waals surface area contributed by atoms with Gasteiger partial charge in [0.1, 0.15) is 5.82 Å². The summed E-state index contributed by atoms with van der Waals surface area (Å²) in [4.78, 5) is 20.6. The number of hydrazine groups is 1. The predicted octanol–water partition coefficient (Wildman–Crippen LogP) is 1.56. The molecule has 1 amide bonds. The monoisotopic (exact) mass is 271 g/mol. The van der Waals surface area contributed by atoms with Crippen molar-refractivity contribution in [3.05, 3.63) is 53.5 Å². The lowest BCUT2D eigenvalue weighted by Gasteiger charge is -2.14. The molecule has 0 spiro atoms. The first kappa shape index (κ1) is 14.0. The van der Waals surface area contributed by atoms with Crippen LogP contribution in [0.3, 0.4) is 0 Å². The van der Waals surface area contributed by atoms with Crippen LogP contribution in [0.25, 0.3) is 0 Å². The fourth-order valence-corrected chi connectivity index (χ4v) is 1.86. The molecule has 1 atom stereocenters. The van der Waals surface area contributed by atoms with Crippen molar-refractivity contribution in [3.8, 4) is 0 Å². The van der Waals surface area contributed by atoms with Crippen LogP contribution in [-0.2, 0) is 0 Å². The zero-order valence-corrected chi connectivity index (χ0v) is 11.4. The van der Waals surface area contributed by atoms with Crippen LogP contribution in [0.4, 0.5) is 5.82 Å². The van der Waals surface area contributed by atoms with E-state index in [2.05, 4.69) is 20.7 Å². The molecular formula is C14H17N5O. The van der Waals surface area contributed by atoms with Gasteiger partial charge in [-0.15, -0.1) is 0 Å². The number of carbonyl (C=O) groups is 1. The van der Waals surface area contributed by atoms with Crippen LogP contribution in [-0.4, -0.2) is 15.9 Å². The van der Waals surface area contributed by atoms with Crippen molar-refractivity contribution < 1.29 is 4.79 Å². The van der Waals surface area contributed by atoms with Gasteiger partial charge in [-0.25, -0.2) is 10.8 Å². The molecule has 0 aliphatic rings. The first-order chi connectivity index (χ1) is 9.60. The van der Waals surface area contributed by atoms with E-state index in [9.17, 15) is 4.79 Å². The molecule has 0 saturated heterocycles. The van der Waals surface area contributed by atoms with Crippen LogP contribution >= 0.6 is 0 Å². The van der Waals surface area contributed by atoms with E-state index in [0.29, 0.717) is 11.4 Å². The number of hydrogen-bond donors (Lipinski definition) is 3. The first-order valence-electron chi connectivity index (χ1n) is 6.27. The van der Waals surface area contributed by atoms with Gasteiger partial charge in [0, 0.05) is 17.5 Å².